The highest BCUT2D eigenvalue weighted by atomic mass is 19.1. The number of aromatic nitrogens is 2. The van der Waals surface area contributed by atoms with Crippen molar-refractivity contribution in [2.75, 3.05) is 13.1 Å². The second-order valence-electron chi connectivity index (χ2n) is 5.19. The lowest BCUT2D eigenvalue weighted by Gasteiger charge is -2.10. The number of benzene rings is 1. The van der Waals surface area contributed by atoms with Gasteiger partial charge >= 0.3 is 0 Å². The number of hydrogen-bond donors (Lipinski definition) is 1. The van der Waals surface area contributed by atoms with Gasteiger partial charge in [-0.05, 0) is 50.0 Å². The second-order valence-corrected chi connectivity index (χ2v) is 5.19. The van der Waals surface area contributed by atoms with Crippen molar-refractivity contribution >= 4 is 0 Å². The first kappa shape index (κ1) is 12.4. The predicted octanol–water partition coefficient (Wildman–Crippen LogP) is 2.61. The lowest BCUT2D eigenvalue weighted by atomic mass is 10.1. The Kier molecular flexibility index (Phi) is 3.34. The predicted molar refractivity (Wildman–Crippen MR) is 73.3 cm³/mol. The maximum Gasteiger partial charge on any atom is 0.123 e. The fourth-order valence-electron chi connectivity index (χ4n) is 2.68. The third-order valence-electron chi connectivity index (χ3n) is 3.83. The van der Waals surface area contributed by atoms with Crippen LogP contribution in [0.25, 0.3) is 11.1 Å². The highest BCUT2D eigenvalue weighted by molar-refractivity contribution is 5.65. The van der Waals surface area contributed by atoms with Gasteiger partial charge in [-0.3, -0.25) is 4.68 Å². The largest absolute Gasteiger partial charge is 0.316 e. The third-order valence-corrected chi connectivity index (χ3v) is 3.83. The summed E-state index contributed by atoms with van der Waals surface area (Å²) in [4.78, 5) is 0. The standard InChI is InChI=1S/C15H18FN3/c1-11-15(13-3-2-4-14(16)7-13)9-18-19(11)10-12-5-6-17-8-12/h2-4,7,9,12,17H,5-6,8,10H2,1H3. The van der Waals surface area contributed by atoms with E-state index in [-0.39, 0.29) is 5.82 Å². The van der Waals surface area contributed by atoms with Gasteiger partial charge in [-0.2, -0.15) is 5.10 Å². The summed E-state index contributed by atoms with van der Waals surface area (Å²) in [7, 11) is 0. The molecule has 2 heterocycles. The molecule has 1 atom stereocenters. The minimum absolute atomic E-state index is 0.204. The van der Waals surface area contributed by atoms with E-state index in [9.17, 15) is 4.39 Å². The van der Waals surface area contributed by atoms with Crippen LogP contribution in [0.1, 0.15) is 12.1 Å². The van der Waals surface area contributed by atoms with Crippen LogP contribution in [0.4, 0.5) is 4.39 Å². The Morgan fingerprint density at radius 1 is 1.47 bits per heavy atom. The normalized spacial score (nSPS) is 18.9. The van der Waals surface area contributed by atoms with Gasteiger partial charge in [-0.15, -0.1) is 0 Å². The van der Waals surface area contributed by atoms with Crippen LogP contribution in [0.2, 0.25) is 0 Å². The molecular formula is C15H18FN3. The van der Waals surface area contributed by atoms with Crippen molar-refractivity contribution in [1.82, 2.24) is 15.1 Å². The first-order valence-electron chi connectivity index (χ1n) is 6.73. The fraction of sp³-hybridized carbons (Fsp3) is 0.400. The molecule has 19 heavy (non-hydrogen) atoms. The molecule has 0 radical (unpaired) electrons. The number of nitrogens with zero attached hydrogens (tertiary/aromatic N) is 2. The Balaban J connectivity index is 1.85. The second kappa shape index (κ2) is 5.13. The van der Waals surface area contributed by atoms with E-state index in [0.29, 0.717) is 5.92 Å². The van der Waals surface area contributed by atoms with Crippen LogP contribution in [-0.2, 0) is 6.54 Å². The van der Waals surface area contributed by atoms with Gasteiger partial charge in [-0.1, -0.05) is 12.1 Å². The molecule has 0 amide bonds. The van der Waals surface area contributed by atoms with Crippen LogP contribution in [0.3, 0.4) is 0 Å². The van der Waals surface area contributed by atoms with Gasteiger partial charge in [0.05, 0.1) is 6.20 Å². The zero-order valence-electron chi connectivity index (χ0n) is 11.1. The van der Waals surface area contributed by atoms with Crippen LogP contribution >= 0.6 is 0 Å². The van der Waals surface area contributed by atoms with Gasteiger partial charge in [0, 0.05) is 17.8 Å². The lowest BCUT2D eigenvalue weighted by molar-refractivity contribution is 0.443. The molecule has 0 spiro atoms. The summed E-state index contributed by atoms with van der Waals surface area (Å²) >= 11 is 0. The van der Waals surface area contributed by atoms with E-state index in [1.165, 1.54) is 12.5 Å². The smallest absolute Gasteiger partial charge is 0.123 e. The van der Waals surface area contributed by atoms with Crippen LogP contribution in [0, 0.1) is 18.7 Å². The third kappa shape index (κ3) is 2.54. The first-order valence-corrected chi connectivity index (χ1v) is 6.73. The molecule has 1 aliphatic heterocycles. The molecule has 1 aromatic heterocycles. The average molecular weight is 259 g/mol. The van der Waals surface area contributed by atoms with E-state index in [4.69, 9.17) is 0 Å². The van der Waals surface area contributed by atoms with E-state index < -0.39 is 0 Å². The molecular weight excluding hydrogens is 241 g/mol. The molecule has 0 bridgehead atoms. The number of hydrogen-bond acceptors (Lipinski definition) is 2. The summed E-state index contributed by atoms with van der Waals surface area (Å²) in [5, 5.41) is 7.82. The Morgan fingerprint density at radius 3 is 3.11 bits per heavy atom. The van der Waals surface area contributed by atoms with E-state index in [2.05, 4.69) is 17.3 Å². The highest BCUT2D eigenvalue weighted by Gasteiger charge is 2.17. The maximum absolute atomic E-state index is 13.3. The first-order chi connectivity index (χ1) is 9.24. The Labute approximate surface area is 112 Å². The lowest BCUT2D eigenvalue weighted by Crippen LogP contribution is -2.16. The van der Waals surface area contributed by atoms with Crippen LogP contribution in [-0.4, -0.2) is 22.9 Å². The number of halogens is 1. The van der Waals surface area contributed by atoms with Gasteiger partial charge in [-0.25, -0.2) is 4.39 Å². The zero-order chi connectivity index (χ0) is 13.2. The SMILES string of the molecule is Cc1c(-c2cccc(F)c2)cnn1CC1CCNC1. The van der Waals surface area contributed by atoms with Gasteiger partial charge < -0.3 is 5.32 Å². The zero-order valence-corrected chi connectivity index (χ0v) is 11.1. The molecule has 0 aliphatic carbocycles. The summed E-state index contributed by atoms with van der Waals surface area (Å²) in [6.07, 6.45) is 3.04. The molecule has 1 N–H and O–H groups in total. The molecule has 1 aliphatic rings. The van der Waals surface area contributed by atoms with Crippen molar-refractivity contribution in [3.8, 4) is 11.1 Å². The monoisotopic (exact) mass is 259 g/mol. The van der Waals surface area contributed by atoms with E-state index in [1.54, 1.807) is 12.1 Å². The number of rotatable bonds is 3. The van der Waals surface area contributed by atoms with Crippen molar-refractivity contribution in [2.24, 2.45) is 5.92 Å². The quantitative estimate of drug-likeness (QED) is 0.918. The molecule has 3 rings (SSSR count). The molecule has 1 saturated heterocycles. The van der Waals surface area contributed by atoms with Crippen LogP contribution in [0.15, 0.2) is 30.5 Å². The maximum atomic E-state index is 13.3. The summed E-state index contributed by atoms with van der Waals surface area (Å²) in [5.74, 6) is 0.448. The molecule has 1 unspecified atom stereocenters. The summed E-state index contributed by atoms with van der Waals surface area (Å²) in [6.45, 7) is 5.15. The topological polar surface area (TPSA) is 29.9 Å². The Morgan fingerprint density at radius 2 is 2.37 bits per heavy atom. The molecule has 2 aromatic rings. The molecule has 1 fully saturated rings. The van der Waals surface area contributed by atoms with Crippen molar-refractivity contribution < 1.29 is 4.39 Å². The highest BCUT2D eigenvalue weighted by Crippen LogP contribution is 2.24. The van der Waals surface area contributed by atoms with E-state index >= 15 is 0 Å². The van der Waals surface area contributed by atoms with E-state index in [1.807, 2.05) is 16.9 Å². The van der Waals surface area contributed by atoms with Crippen molar-refractivity contribution in [3.05, 3.63) is 42.0 Å². The van der Waals surface area contributed by atoms with Crippen molar-refractivity contribution in [3.63, 3.8) is 0 Å². The van der Waals surface area contributed by atoms with E-state index in [0.717, 1.165) is 36.5 Å². The van der Waals surface area contributed by atoms with Crippen LogP contribution in [0.5, 0.6) is 0 Å². The molecule has 3 nitrogen and oxygen atoms in total. The Bertz CT molecular complexity index is 571. The van der Waals surface area contributed by atoms with Gasteiger partial charge in [0.25, 0.3) is 0 Å². The van der Waals surface area contributed by atoms with Crippen LogP contribution < -0.4 is 5.32 Å². The summed E-state index contributed by atoms with van der Waals surface area (Å²) < 4.78 is 15.3. The molecule has 100 valence electrons. The van der Waals surface area contributed by atoms with Gasteiger partial charge in [0.2, 0.25) is 0 Å². The summed E-state index contributed by atoms with van der Waals surface area (Å²) in [5.41, 5.74) is 3.02. The fourth-order valence-corrected chi connectivity index (χ4v) is 2.68. The molecule has 1 aromatic carbocycles. The average Bonchev–Trinajstić information content (AvgIpc) is 3.01. The van der Waals surface area contributed by atoms with Crippen molar-refractivity contribution in [2.45, 2.75) is 19.9 Å². The summed E-state index contributed by atoms with van der Waals surface area (Å²) in [6, 6.07) is 6.69. The Hall–Kier alpha value is -1.68. The minimum atomic E-state index is -0.204. The molecule has 0 saturated carbocycles. The molecule has 4 heteroatoms. The van der Waals surface area contributed by atoms with Gasteiger partial charge in [0.1, 0.15) is 5.82 Å². The number of nitrogens with one attached hydrogen (secondary N) is 1. The van der Waals surface area contributed by atoms with Crippen molar-refractivity contribution in [1.29, 1.82) is 0 Å². The van der Waals surface area contributed by atoms with Gasteiger partial charge in [0.15, 0.2) is 0 Å². The minimum Gasteiger partial charge on any atom is -0.316 e.